The van der Waals surface area contributed by atoms with Crippen molar-refractivity contribution in [2.75, 3.05) is 13.2 Å². The summed E-state index contributed by atoms with van der Waals surface area (Å²) in [5.74, 6) is 0.214. The Labute approximate surface area is 140 Å². The van der Waals surface area contributed by atoms with E-state index in [-0.39, 0.29) is 5.75 Å². The van der Waals surface area contributed by atoms with Gasteiger partial charge in [-0.05, 0) is 37.8 Å². The molecule has 0 atom stereocenters. The zero-order valence-electron chi connectivity index (χ0n) is 13.9. The second kappa shape index (κ2) is 11.4. The third kappa shape index (κ3) is 10.3. The Balaban J connectivity index is 2.16. The minimum absolute atomic E-state index is 0.214. The first-order chi connectivity index (χ1) is 11.0. The van der Waals surface area contributed by atoms with E-state index in [9.17, 15) is 8.42 Å². The zero-order valence-corrected chi connectivity index (χ0v) is 14.7. The number of hydrogen-bond donors (Lipinski definition) is 1. The predicted molar refractivity (Wildman–Crippen MR) is 91.1 cm³/mol. The number of unbranched alkanes of at least 4 members (excludes halogenated alkanes) is 6. The monoisotopic (exact) mass is 344 g/mol. The molecule has 0 radical (unpaired) electrons. The van der Waals surface area contributed by atoms with E-state index in [2.05, 4.69) is 4.18 Å². The molecule has 1 aromatic rings. The second-order valence-electron chi connectivity index (χ2n) is 5.54. The molecule has 0 aliphatic carbocycles. The molecular formula is C17H28O5S. The van der Waals surface area contributed by atoms with Gasteiger partial charge in [0.25, 0.3) is 0 Å². The Morgan fingerprint density at radius 3 is 2.22 bits per heavy atom. The summed E-state index contributed by atoms with van der Waals surface area (Å²) in [4.78, 5) is 0. The molecule has 23 heavy (non-hydrogen) atoms. The quantitative estimate of drug-likeness (QED) is 0.429. The van der Waals surface area contributed by atoms with Crippen LogP contribution in [0.1, 0.15) is 57.4 Å². The SMILES string of the molecule is CCOCCCCCCCCCc1ccccc1OS(=O)(=O)O. The van der Waals surface area contributed by atoms with Crippen LogP contribution in [-0.2, 0) is 21.6 Å². The van der Waals surface area contributed by atoms with Crippen LogP contribution in [0.5, 0.6) is 5.75 Å². The van der Waals surface area contributed by atoms with Gasteiger partial charge in [-0.2, -0.15) is 8.42 Å². The minimum atomic E-state index is -4.46. The molecule has 1 aromatic carbocycles. The first-order valence-corrected chi connectivity index (χ1v) is 9.72. The molecule has 0 heterocycles. The van der Waals surface area contributed by atoms with Gasteiger partial charge >= 0.3 is 10.4 Å². The van der Waals surface area contributed by atoms with Gasteiger partial charge in [0.2, 0.25) is 0 Å². The molecule has 0 aliphatic heterocycles. The molecule has 1 rings (SSSR count). The standard InChI is InChI=1S/C17H28O5S/c1-2-21-15-11-7-5-3-4-6-8-12-16-13-9-10-14-17(16)22-23(18,19)20/h9-10,13-14H,2-8,11-12,15H2,1H3,(H,18,19,20). The van der Waals surface area contributed by atoms with Crippen molar-refractivity contribution in [3.05, 3.63) is 29.8 Å². The van der Waals surface area contributed by atoms with E-state index < -0.39 is 10.4 Å². The molecule has 0 amide bonds. The van der Waals surface area contributed by atoms with E-state index in [4.69, 9.17) is 9.29 Å². The number of benzene rings is 1. The average Bonchev–Trinajstić information content (AvgIpc) is 2.49. The third-order valence-electron chi connectivity index (χ3n) is 3.61. The van der Waals surface area contributed by atoms with Crippen molar-refractivity contribution in [1.82, 2.24) is 0 Å². The molecule has 0 unspecified atom stereocenters. The highest BCUT2D eigenvalue weighted by Gasteiger charge is 2.10. The van der Waals surface area contributed by atoms with Crippen molar-refractivity contribution in [3.63, 3.8) is 0 Å². The van der Waals surface area contributed by atoms with Crippen molar-refractivity contribution in [2.45, 2.75) is 58.3 Å². The predicted octanol–water partition coefficient (Wildman–Crippen LogP) is 4.18. The zero-order chi connectivity index (χ0) is 17.0. The molecule has 0 saturated heterocycles. The summed E-state index contributed by atoms with van der Waals surface area (Å²) in [6.07, 6.45) is 8.80. The third-order valence-corrected chi connectivity index (χ3v) is 4.00. The number of para-hydroxylation sites is 1. The molecule has 0 saturated carbocycles. The van der Waals surface area contributed by atoms with E-state index >= 15 is 0 Å². The van der Waals surface area contributed by atoms with Crippen molar-refractivity contribution >= 4 is 10.4 Å². The van der Waals surface area contributed by atoms with Crippen LogP contribution in [0.2, 0.25) is 0 Å². The first-order valence-electron chi connectivity index (χ1n) is 8.35. The average molecular weight is 344 g/mol. The van der Waals surface area contributed by atoms with Crippen molar-refractivity contribution in [1.29, 1.82) is 0 Å². The number of aryl methyl sites for hydroxylation is 1. The lowest BCUT2D eigenvalue weighted by molar-refractivity contribution is 0.143. The van der Waals surface area contributed by atoms with E-state index in [0.717, 1.165) is 44.5 Å². The van der Waals surface area contributed by atoms with Crippen LogP contribution in [0.4, 0.5) is 0 Å². The molecule has 1 N–H and O–H groups in total. The van der Waals surface area contributed by atoms with Crippen molar-refractivity contribution < 1.29 is 21.9 Å². The van der Waals surface area contributed by atoms with Gasteiger partial charge in [-0.15, -0.1) is 0 Å². The van der Waals surface area contributed by atoms with E-state index in [1.807, 2.05) is 19.1 Å². The van der Waals surface area contributed by atoms with Crippen LogP contribution in [0.25, 0.3) is 0 Å². The van der Waals surface area contributed by atoms with Gasteiger partial charge < -0.3 is 8.92 Å². The summed E-state index contributed by atoms with van der Waals surface area (Å²) >= 11 is 0. The van der Waals surface area contributed by atoms with E-state index in [1.165, 1.54) is 25.7 Å². The normalized spacial score (nSPS) is 11.6. The van der Waals surface area contributed by atoms with Crippen LogP contribution in [0.15, 0.2) is 24.3 Å². The number of ether oxygens (including phenoxy) is 1. The van der Waals surface area contributed by atoms with Gasteiger partial charge in [0.05, 0.1) is 0 Å². The molecular weight excluding hydrogens is 316 g/mol. The highest BCUT2D eigenvalue weighted by Crippen LogP contribution is 2.22. The summed E-state index contributed by atoms with van der Waals surface area (Å²) in [5.41, 5.74) is 0.807. The van der Waals surface area contributed by atoms with Crippen LogP contribution < -0.4 is 4.18 Å². The summed E-state index contributed by atoms with van der Waals surface area (Å²) in [6, 6.07) is 6.91. The van der Waals surface area contributed by atoms with Crippen LogP contribution in [0.3, 0.4) is 0 Å². The highest BCUT2D eigenvalue weighted by molar-refractivity contribution is 7.81. The van der Waals surface area contributed by atoms with Crippen LogP contribution in [0, 0.1) is 0 Å². The molecule has 0 spiro atoms. The maximum absolute atomic E-state index is 10.8. The molecule has 5 nitrogen and oxygen atoms in total. The molecule has 132 valence electrons. The van der Waals surface area contributed by atoms with Gasteiger partial charge in [0.15, 0.2) is 0 Å². The maximum Gasteiger partial charge on any atom is 0.446 e. The summed E-state index contributed by atoms with van der Waals surface area (Å²) in [5, 5.41) is 0. The molecule has 0 aliphatic rings. The maximum atomic E-state index is 10.8. The Morgan fingerprint density at radius 1 is 0.957 bits per heavy atom. The topological polar surface area (TPSA) is 72.8 Å². The van der Waals surface area contributed by atoms with Crippen molar-refractivity contribution in [3.8, 4) is 5.75 Å². The van der Waals surface area contributed by atoms with Gasteiger partial charge in [-0.1, -0.05) is 50.3 Å². The number of hydrogen-bond acceptors (Lipinski definition) is 4. The Morgan fingerprint density at radius 2 is 1.57 bits per heavy atom. The fraction of sp³-hybridized carbons (Fsp3) is 0.647. The van der Waals surface area contributed by atoms with Crippen molar-refractivity contribution in [2.24, 2.45) is 0 Å². The molecule has 0 aromatic heterocycles. The lowest BCUT2D eigenvalue weighted by Crippen LogP contribution is -2.08. The Bertz CT molecular complexity index is 528. The summed E-state index contributed by atoms with van der Waals surface area (Å²) in [6.45, 7) is 3.67. The lowest BCUT2D eigenvalue weighted by Gasteiger charge is -2.08. The summed E-state index contributed by atoms with van der Waals surface area (Å²) < 4.78 is 40.3. The molecule has 0 fully saturated rings. The van der Waals surface area contributed by atoms with Gasteiger partial charge in [0.1, 0.15) is 5.75 Å². The van der Waals surface area contributed by atoms with Gasteiger partial charge in [-0.3, -0.25) is 4.55 Å². The van der Waals surface area contributed by atoms with Crippen LogP contribution in [-0.4, -0.2) is 26.2 Å². The fourth-order valence-electron chi connectivity index (χ4n) is 2.45. The van der Waals surface area contributed by atoms with E-state index in [0.29, 0.717) is 0 Å². The fourth-order valence-corrected chi connectivity index (χ4v) is 2.84. The Hall–Kier alpha value is -1.11. The molecule has 6 heteroatoms. The van der Waals surface area contributed by atoms with Gasteiger partial charge in [-0.25, -0.2) is 0 Å². The molecule has 0 bridgehead atoms. The highest BCUT2D eigenvalue weighted by atomic mass is 32.3. The van der Waals surface area contributed by atoms with Gasteiger partial charge in [0, 0.05) is 13.2 Å². The Kier molecular flexibility index (Phi) is 9.91. The minimum Gasteiger partial charge on any atom is -0.382 e. The number of rotatable bonds is 13. The van der Waals surface area contributed by atoms with E-state index in [1.54, 1.807) is 12.1 Å². The summed E-state index contributed by atoms with van der Waals surface area (Å²) in [7, 11) is -4.46. The largest absolute Gasteiger partial charge is 0.446 e. The van der Waals surface area contributed by atoms with Crippen LogP contribution >= 0.6 is 0 Å². The first kappa shape index (κ1) is 19.9. The lowest BCUT2D eigenvalue weighted by atomic mass is 10.0. The second-order valence-corrected chi connectivity index (χ2v) is 6.56. The smallest absolute Gasteiger partial charge is 0.382 e.